The number of halogens is 1. The fourth-order valence-electron chi connectivity index (χ4n) is 2.86. The van der Waals surface area contributed by atoms with E-state index in [0.717, 1.165) is 43.1 Å². The Morgan fingerprint density at radius 3 is 2.48 bits per heavy atom. The maximum atomic E-state index is 5.90. The number of hydrogen-bond donors (Lipinski definition) is 1. The van der Waals surface area contributed by atoms with E-state index < -0.39 is 0 Å². The summed E-state index contributed by atoms with van der Waals surface area (Å²) in [5, 5.41) is 1.12. The number of fused-ring (bicyclic) bond motifs is 5. The maximum Gasteiger partial charge on any atom is 0.268 e. The minimum Gasteiger partial charge on any atom is -1.00 e. The first-order valence-corrected chi connectivity index (χ1v) is 7.72. The van der Waals surface area contributed by atoms with Crippen LogP contribution < -0.4 is 32.0 Å². The van der Waals surface area contributed by atoms with Crippen molar-refractivity contribution >= 4 is 43.0 Å². The summed E-state index contributed by atoms with van der Waals surface area (Å²) in [6.45, 7) is 0. The van der Waals surface area contributed by atoms with Crippen LogP contribution in [0.5, 0.6) is 11.5 Å². The molecule has 0 saturated heterocycles. The molecule has 0 spiro atoms. The number of nitrogens with zero attached hydrogens (tertiary/aromatic N) is 1. The fourth-order valence-corrected chi connectivity index (χ4v) is 4.03. The van der Waals surface area contributed by atoms with Gasteiger partial charge in [0, 0.05) is 29.3 Å². The van der Waals surface area contributed by atoms with Crippen molar-refractivity contribution in [3.63, 3.8) is 0 Å². The predicted octanol–water partition coefficient (Wildman–Crippen LogP) is 0.397. The molecule has 2 heterocycles. The molecule has 0 unspecified atom stereocenters. The van der Waals surface area contributed by atoms with Crippen LogP contribution in [-0.2, 0) is 0 Å². The average molecular weight is 347 g/mol. The lowest BCUT2D eigenvalue weighted by Crippen LogP contribution is -3.00. The van der Waals surface area contributed by atoms with Crippen LogP contribution in [0, 0.1) is 0 Å². The number of anilines is 1. The van der Waals surface area contributed by atoms with E-state index in [1.54, 1.807) is 25.6 Å². The SMILES string of the molecule is COc1ccc2c(sc3ccc4cc(N)ccc4[n+]32)c1OC.[Cl-]. The summed E-state index contributed by atoms with van der Waals surface area (Å²) >= 11 is 1.69. The summed E-state index contributed by atoms with van der Waals surface area (Å²) in [5.41, 5.74) is 8.90. The van der Waals surface area contributed by atoms with Crippen LogP contribution in [-0.4, -0.2) is 14.2 Å². The van der Waals surface area contributed by atoms with Gasteiger partial charge in [0.2, 0.25) is 11.0 Å². The van der Waals surface area contributed by atoms with Gasteiger partial charge in [-0.15, -0.1) is 4.40 Å². The third kappa shape index (κ3) is 2.24. The summed E-state index contributed by atoms with van der Waals surface area (Å²) in [6.07, 6.45) is 0. The van der Waals surface area contributed by atoms with E-state index in [1.165, 1.54) is 0 Å². The van der Waals surface area contributed by atoms with Crippen LogP contribution >= 0.6 is 11.3 Å². The summed E-state index contributed by atoms with van der Waals surface area (Å²) in [4.78, 5) is 1.15. The number of benzene rings is 2. The van der Waals surface area contributed by atoms with Crippen molar-refractivity contribution in [1.29, 1.82) is 0 Å². The largest absolute Gasteiger partial charge is 1.00 e. The topological polar surface area (TPSA) is 48.6 Å². The highest BCUT2D eigenvalue weighted by Gasteiger charge is 2.22. The number of aromatic nitrogens is 1. The molecule has 2 aromatic carbocycles. The lowest BCUT2D eigenvalue weighted by molar-refractivity contribution is -0.446. The summed E-state index contributed by atoms with van der Waals surface area (Å²) < 4.78 is 14.3. The first kappa shape index (κ1) is 15.6. The average Bonchev–Trinajstić information content (AvgIpc) is 2.92. The van der Waals surface area contributed by atoms with E-state index in [2.05, 4.69) is 28.7 Å². The Bertz CT molecular complexity index is 1030. The van der Waals surface area contributed by atoms with Crippen LogP contribution in [0.3, 0.4) is 0 Å². The molecule has 0 bridgehead atoms. The van der Waals surface area contributed by atoms with Crippen molar-refractivity contribution in [3.05, 3.63) is 42.5 Å². The van der Waals surface area contributed by atoms with Gasteiger partial charge in [0.25, 0.3) is 4.83 Å². The number of pyridine rings is 1. The number of methoxy groups -OCH3 is 2. The zero-order valence-corrected chi connectivity index (χ0v) is 14.2. The molecule has 0 atom stereocenters. The van der Waals surface area contributed by atoms with E-state index in [1.807, 2.05) is 18.2 Å². The first-order valence-electron chi connectivity index (χ1n) is 6.90. The second-order valence-electron chi connectivity index (χ2n) is 5.08. The van der Waals surface area contributed by atoms with Gasteiger partial charge in [0.05, 0.1) is 14.2 Å². The molecular formula is C17H15ClN2O2S. The van der Waals surface area contributed by atoms with Crippen LogP contribution in [0.15, 0.2) is 42.5 Å². The molecule has 4 nitrogen and oxygen atoms in total. The molecule has 0 radical (unpaired) electrons. The molecule has 0 saturated carbocycles. The molecular weight excluding hydrogens is 332 g/mol. The van der Waals surface area contributed by atoms with E-state index in [9.17, 15) is 0 Å². The minimum atomic E-state index is 0. The Labute approximate surface area is 143 Å². The molecule has 4 rings (SSSR count). The molecule has 0 aliphatic carbocycles. The fraction of sp³-hybridized carbons (Fsp3) is 0.118. The van der Waals surface area contributed by atoms with Crippen LogP contribution in [0.4, 0.5) is 5.69 Å². The summed E-state index contributed by atoms with van der Waals surface area (Å²) in [5.74, 6) is 1.52. The summed E-state index contributed by atoms with van der Waals surface area (Å²) in [7, 11) is 3.33. The smallest absolute Gasteiger partial charge is 0.268 e. The molecule has 2 N–H and O–H groups in total. The van der Waals surface area contributed by atoms with Crippen molar-refractivity contribution < 1.29 is 26.3 Å². The normalized spacial score (nSPS) is 10.9. The molecule has 0 aliphatic heterocycles. The zero-order valence-electron chi connectivity index (χ0n) is 12.7. The van der Waals surface area contributed by atoms with Gasteiger partial charge in [-0.25, -0.2) is 0 Å². The van der Waals surface area contributed by atoms with Crippen LogP contribution in [0.1, 0.15) is 0 Å². The van der Waals surface area contributed by atoms with Crippen LogP contribution in [0.2, 0.25) is 0 Å². The van der Waals surface area contributed by atoms with Gasteiger partial charge in [-0.05, 0) is 24.3 Å². The van der Waals surface area contributed by atoms with Gasteiger partial charge in [-0.2, -0.15) is 0 Å². The predicted molar refractivity (Wildman–Crippen MR) is 90.0 cm³/mol. The highest BCUT2D eigenvalue weighted by atomic mass is 35.5. The third-order valence-corrected chi connectivity index (χ3v) is 4.97. The minimum absolute atomic E-state index is 0. The maximum absolute atomic E-state index is 5.90. The highest BCUT2D eigenvalue weighted by Crippen LogP contribution is 2.38. The molecule has 0 amide bonds. The van der Waals surface area contributed by atoms with Crippen molar-refractivity contribution in [2.45, 2.75) is 0 Å². The van der Waals surface area contributed by atoms with Gasteiger partial charge in [-0.1, -0.05) is 11.3 Å². The summed E-state index contributed by atoms with van der Waals surface area (Å²) in [6, 6.07) is 14.2. The Kier molecular flexibility index (Phi) is 3.92. The Hall–Kier alpha value is -2.24. The molecule has 6 heteroatoms. The molecule has 4 aromatic rings. The Morgan fingerprint density at radius 1 is 0.957 bits per heavy atom. The Balaban J connectivity index is 0.00000156. The highest BCUT2D eigenvalue weighted by molar-refractivity contribution is 7.23. The lowest BCUT2D eigenvalue weighted by atomic mass is 10.2. The molecule has 2 aromatic heterocycles. The molecule has 23 heavy (non-hydrogen) atoms. The molecule has 0 fully saturated rings. The number of ether oxygens (including phenoxy) is 2. The van der Waals surface area contributed by atoms with Crippen molar-refractivity contribution in [1.82, 2.24) is 0 Å². The number of hydrogen-bond acceptors (Lipinski definition) is 4. The quantitative estimate of drug-likeness (QED) is 0.422. The van der Waals surface area contributed by atoms with E-state index in [4.69, 9.17) is 15.2 Å². The standard InChI is InChI=1S/C17H15N2O2S.ClH/c1-20-14-7-6-13-17(16(14)21-2)22-15-8-3-10-9-11(18)4-5-12(10)19(13)15;/h3-9H,18H2,1-2H3;1H/q+1;/p-1. The number of thiazole rings is 1. The number of rotatable bonds is 2. The van der Waals surface area contributed by atoms with Gasteiger partial charge in [0.1, 0.15) is 0 Å². The van der Waals surface area contributed by atoms with Gasteiger partial charge >= 0.3 is 0 Å². The third-order valence-electron chi connectivity index (χ3n) is 3.85. The lowest BCUT2D eigenvalue weighted by Gasteiger charge is -2.05. The molecule has 118 valence electrons. The van der Waals surface area contributed by atoms with Crippen molar-refractivity contribution in [2.24, 2.45) is 0 Å². The van der Waals surface area contributed by atoms with Gasteiger partial charge in [0.15, 0.2) is 16.2 Å². The monoisotopic (exact) mass is 346 g/mol. The number of nitrogen functional groups attached to an aromatic ring is 1. The second kappa shape index (κ2) is 5.76. The van der Waals surface area contributed by atoms with E-state index in [-0.39, 0.29) is 12.4 Å². The molecule has 0 aliphatic rings. The first-order chi connectivity index (χ1) is 10.7. The van der Waals surface area contributed by atoms with Crippen molar-refractivity contribution in [3.8, 4) is 11.5 Å². The van der Waals surface area contributed by atoms with Crippen molar-refractivity contribution in [2.75, 3.05) is 20.0 Å². The zero-order chi connectivity index (χ0) is 15.3. The van der Waals surface area contributed by atoms with Crippen LogP contribution in [0.25, 0.3) is 25.9 Å². The Morgan fingerprint density at radius 2 is 1.74 bits per heavy atom. The number of nitrogens with two attached hydrogens (primary N) is 1. The van der Waals surface area contributed by atoms with Gasteiger partial charge in [-0.3, -0.25) is 0 Å². The second-order valence-corrected chi connectivity index (χ2v) is 6.11. The van der Waals surface area contributed by atoms with E-state index in [0.29, 0.717) is 0 Å². The van der Waals surface area contributed by atoms with E-state index >= 15 is 0 Å². The van der Waals surface area contributed by atoms with Gasteiger partial charge < -0.3 is 27.6 Å².